The zero-order valence-corrected chi connectivity index (χ0v) is 12.0. The molecule has 2 rings (SSSR count). The van der Waals surface area contributed by atoms with E-state index in [1.807, 2.05) is 19.9 Å². The van der Waals surface area contributed by atoms with Crippen LogP contribution in [0.2, 0.25) is 0 Å². The summed E-state index contributed by atoms with van der Waals surface area (Å²) in [6.45, 7) is 3.91. The van der Waals surface area contributed by atoms with E-state index in [0.717, 1.165) is 23.6 Å². The Morgan fingerprint density at radius 2 is 2.10 bits per heavy atom. The summed E-state index contributed by atoms with van der Waals surface area (Å²) in [6.07, 6.45) is 4.30. The predicted octanol–water partition coefficient (Wildman–Crippen LogP) is 2.55. The van der Waals surface area contributed by atoms with Gasteiger partial charge in [-0.1, -0.05) is 6.92 Å². The Morgan fingerprint density at radius 1 is 1.33 bits per heavy atom. The number of hydrogen-bond acceptors (Lipinski definition) is 4. The van der Waals surface area contributed by atoms with Gasteiger partial charge in [-0.05, 0) is 42.7 Å². The standard InChI is InChI=1S/C16H18N2O3/c1-3-11-9-17-7-6-13(11)10(2)18-16(21)14-5-4-12(19)8-15(14)20/h4-10,19-20H,3H2,1-2H3,(H,18,21)/t10-/m1/s1. The van der Waals surface area contributed by atoms with Gasteiger partial charge in [0.05, 0.1) is 11.6 Å². The van der Waals surface area contributed by atoms with Crippen LogP contribution in [0.15, 0.2) is 36.7 Å². The normalized spacial score (nSPS) is 11.9. The van der Waals surface area contributed by atoms with Crippen LogP contribution < -0.4 is 5.32 Å². The average molecular weight is 286 g/mol. The second-order valence-electron chi connectivity index (χ2n) is 4.82. The van der Waals surface area contributed by atoms with Crippen molar-refractivity contribution in [1.29, 1.82) is 0 Å². The van der Waals surface area contributed by atoms with E-state index in [4.69, 9.17) is 0 Å². The van der Waals surface area contributed by atoms with Gasteiger partial charge in [0.2, 0.25) is 0 Å². The maximum absolute atomic E-state index is 12.2. The van der Waals surface area contributed by atoms with E-state index in [0.29, 0.717) is 0 Å². The Kier molecular flexibility index (Phi) is 4.42. The van der Waals surface area contributed by atoms with E-state index in [9.17, 15) is 15.0 Å². The number of nitrogens with one attached hydrogen (secondary N) is 1. The van der Waals surface area contributed by atoms with Crippen molar-refractivity contribution in [2.75, 3.05) is 0 Å². The molecule has 3 N–H and O–H groups in total. The molecule has 0 aliphatic rings. The van der Waals surface area contributed by atoms with E-state index in [1.54, 1.807) is 12.4 Å². The van der Waals surface area contributed by atoms with Gasteiger partial charge >= 0.3 is 0 Å². The van der Waals surface area contributed by atoms with Crippen LogP contribution in [-0.2, 0) is 6.42 Å². The van der Waals surface area contributed by atoms with Crippen molar-refractivity contribution in [3.8, 4) is 11.5 Å². The molecule has 1 atom stereocenters. The summed E-state index contributed by atoms with van der Waals surface area (Å²) in [7, 11) is 0. The van der Waals surface area contributed by atoms with Crippen LogP contribution in [0, 0.1) is 0 Å². The topological polar surface area (TPSA) is 82.5 Å². The number of rotatable bonds is 4. The number of benzene rings is 1. The highest BCUT2D eigenvalue weighted by atomic mass is 16.3. The first-order valence-electron chi connectivity index (χ1n) is 6.78. The lowest BCUT2D eigenvalue weighted by molar-refractivity contribution is 0.0937. The average Bonchev–Trinajstić information content (AvgIpc) is 2.46. The van der Waals surface area contributed by atoms with Crippen molar-refractivity contribution in [1.82, 2.24) is 10.3 Å². The highest BCUT2D eigenvalue weighted by Gasteiger charge is 2.16. The molecule has 2 aromatic rings. The number of nitrogens with zero attached hydrogens (tertiary/aromatic N) is 1. The molecule has 0 aliphatic carbocycles. The third-order valence-corrected chi connectivity index (χ3v) is 3.36. The largest absolute Gasteiger partial charge is 0.508 e. The Hall–Kier alpha value is -2.56. The summed E-state index contributed by atoms with van der Waals surface area (Å²) in [5.41, 5.74) is 2.20. The van der Waals surface area contributed by atoms with E-state index >= 15 is 0 Å². The van der Waals surface area contributed by atoms with Crippen LogP contribution in [0.25, 0.3) is 0 Å². The fourth-order valence-electron chi connectivity index (χ4n) is 2.22. The quantitative estimate of drug-likeness (QED) is 0.806. The van der Waals surface area contributed by atoms with Crippen LogP contribution in [0.4, 0.5) is 0 Å². The van der Waals surface area contributed by atoms with Gasteiger partial charge in [-0.2, -0.15) is 0 Å². The fraction of sp³-hybridized carbons (Fsp3) is 0.250. The van der Waals surface area contributed by atoms with Crippen molar-refractivity contribution in [2.45, 2.75) is 26.3 Å². The van der Waals surface area contributed by atoms with Crippen molar-refractivity contribution >= 4 is 5.91 Å². The number of aryl methyl sites for hydroxylation is 1. The zero-order valence-electron chi connectivity index (χ0n) is 12.0. The number of pyridine rings is 1. The summed E-state index contributed by atoms with van der Waals surface area (Å²) < 4.78 is 0. The molecule has 0 aliphatic heterocycles. The number of amides is 1. The molecule has 5 heteroatoms. The molecule has 0 unspecified atom stereocenters. The monoisotopic (exact) mass is 286 g/mol. The first kappa shape index (κ1) is 14.8. The van der Waals surface area contributed by atoms with Crippen LogP contribution in [0.3, 0.4) is 0 Å². The second kappa shape index (κ2) is 6.26. The van der Waals surface area contributed by atoms with Crippen LogP contribution >= 0.6 is 0 Å². The van der Waals surface area contributed by atoms with Gasteiger partial charge in [-0.25, -0.2) is 0 Å². The van der Waals surface area contributed by atoms with Gasteiger partial charge in [0, 0.05) is 18.5 Å². The minimum absolute atomic E-state index is 0.0838. The molecular formula is C16H18N2O3. The van der Waals surface area contributed by atoms with E-state index in [1.165, 1.54) is 12.1 Å². The molecule has 1 heterocycles. The maximum Gasteiger partial charge on any atom is 0.255 e. The van der Waals surface area contributed by atoms with Gasteiger partial charge < -0.3 is 15.5 Å². The second-order valence-corrected chi connectivity index (χ2v) is 4.82. The molecule has 0 fully saturated rings. The number of phenolic OH excluding ortho intramolecular Hbond substituents is 2. The summed E-state index contributed by atoms with van der Waals surface area (Å²) in [5.74, 6) is -0.719. The summed E-state index contributed by atoms with van der Waals surface area (Å²) >= 11 is 0. The van der Waals surface area contributed by atoms with Gasteiger partial charge in [0.15, 0.2) is 0 Å². The molecule has 21 heavy (non-hydrogen) atoms. The molecule has 1 aromatic heterocycles. The number of carbonyl (C=O) groups is 1. The number of carbonyl (C=O) groups excluding carboxylic acids is 1. The third kappa shape index (κ3) is 3.31. The summed E-state index contributed by atoms with van der Waals surface area (Å²) in [5, 5.41) is 21.8. The molecule has 0 saturated carbocycles. The predicted molar refractivity (Wildman–Crippen MR) is 79.3 cm³/mol. The van der Waals surface area contributed by atoms with E-state index < -0.39 is 0 Å². The number of aromatic nitrogens is 1. The zero-order chi connectivity index (χ0) is 15.4. The molecule has 0 spiro atoms. The smallest absolute Gasteiger partial charge is 0.255 e. The lowest BCUT2D eigenvalue weighted by atomic mass is 10.0. The van der Waals surface area contributed by atoms with Crippen LogP contribution in [0.5, 0.6) is 11.5 Å². The Bertz CT molecular complexity index is 656. The van der Waals surface area contributed by atoms with Crippen molar-refractivity contribution < 1.29 is 15.0 Å². The molecule has 0 radical (unpaired) electrons. The summed E-state index contributed by atoms with van der Waals surface area (Å²) in [6, 6.07) is 5.57. The van der Waals surface area contributed by atoms with Crippen LogP contribution in [0.1, 0.15) is 41.4 Å². The highest BCUT2D eigenvalue weighted by Crippen LogP contribution is 2.24. The third-order valence-electron chi connectivity index (χ3n) is 3.36. The molecule has 5 nitrogen and oxygen atoms in total. The van der Waals surface area contributed by atoms with Gasteiger partial charge in [0.25, 0.3) is 5.91 Å². The summed E-state index contributed by atoms with van der Waals surface area (Å²) in [4.78, 5) is 16.3. The lowest BCUT2D eigenvalue weighted by Crippen LogP contribution is -2.27. The fourth-order valence-corrected chi connectivity index (χ4v) is 2.22. The highest BCUT2D eigenvalue weighted by molar-refractivity contribution is 5.97. The van der Waals surface area contributed by atoms with E-state index in [2.05, 4.69) is 10.3 Å². The lowest BCUT2D eigenvalue weighted by Gasteiger charge is -2.17. The maximum atomic E-state index is 12.2. The number of hydrogen-bond donors (Lipinski definition) is 3. The Balaban J connectivity index is 2.19. The molecule has 0 bridgehead atoms. The van der Waals surface area contributed by atoms with Gasteiger partial charge in [-0.3, -0.25) is 9.78 Å². The van der Waals surface area contributed by atoms with Gasteiger partial charge in [0.1, 0.15) is 11.5 Å². The van der Waals surface area contributed by atoms with E-state index in [-0.39, 0.29) is 29.0 Å². The SMILES string of the molecule is CCc1cnccc1[C@@H](C)NC(=O)c1ccc(O)cc1O. The van der Waals surface area contributed by atoms with Crippen molar-refractivity contribution in [3.05, 3.63) is 53.3 Å². The number of phenols is 2. The van der Waals surface area contributed by atoms with Crippen molar-refractivity contribution in [2.24, 2.45) is 0 Å². The molecule has 0 saturated heterocycles. The molecule has 110 valence electrons. The minimum atomic E-state index is -0.390. The molecule has 1 amide bonds. The Labute approximate surface area is 123 Å². The molecule has 1 aromatic carbocycles. The van der Waals surface area contributed by atoms with Gasteiger partial charge in [-0.15, -0.1) is 0 Å². The molecular weight excluding hydrogens is 268 g/mol. The van der Waals surface area contributed by atoms with Crippen molar-refractivity contribution in [3.63, 3.8) is 0 Å². The Morgan fingerprint density at radius 3 is 2.76 bits per heavy atom. The minimum Gasteiger partial charge on any atom is -0.508 e. The van der Waals surface area contributed by atoms with Crippen LogP contribution in [-0.4, -0.2) is 21.1 Å². The number of aromatic hydroxyl groups is 2. The first-order valence-corrected chi connectivity index (χ1v) is 6.78. The first-order chi connectivity index (χ1) is 10.0.